The van der Waals surface area contributed by atoms with Gasteiger partial charge < -0.3 is 9.64 Å². The minimum atomic E-state index is -0.465. The first-order valence-corrected chi connectivity index (χ1v) is 7.60. The van der Waals surface area contributed by atoms with Gasteiger partial charge in [-0.15, -0.1) is 0 Å². The van der Waals surface area contributed by atoms with Gasteiger partial charge in [0.05, 0.1) is 0 Å². The highest BCUT2D eigenvalue weighted by Crippen LogP contribution is 2.23. The van der Waals surface area contributed by atoms with Crippen molar-refractivity contribution < 1.29 is 13.9 Å². The molecule has 1 aromatic rings. The molecule has 1 fully saturated rings. The third-order valence-corrected chi connectivity index (χ3v) is 3.96. The largest absolute Gasteiger partial charge is 0.481 e. The number of amides is 1. The Bertz CT molecular complexity index is 485. The lowest BCUT2D eigenvalue weighted by Crippen LogP contribution is -2.44. The number of benzene rings is 1. The van der Waals surface area contributed by atoms with E-state index in [9.17, 15) is 9.18 Å². The number of rotatable bonds is 3. The molecule has 2 rings (SSSR count). The summed E-state index contributed by atoms with van der Waals surface area (Å²) < 4.78 is 19.5. The van der Waals surface area contributed by atoms with Crippen LogP contribution in [0.2, 0.25) is 0 Å². The summed E-state index contributed by atoms with van der Waals surface area (Å²) in [5.41, 5.74) is 0. The molecule has 2 atom stereocenters. The molecule has 0 saturated carbocycles. The van der Waals surface area contributed by atoms with E-state index in [0.29, 0.717) is 16.3 Å². The van der Waals surface area contributed by atoms with Crippen molar-refractivity contribution in [1.29, 1.82) is 0 Å². The van der Waals surface area contributed by atoms with E-state index in [1.54, 1.807) is 6.07 Å². The Balaban J connectivity index is 1.91. The third kappa shape index (κ3) is 3.95. The van der Waals surface area contributed by atoms with Gasteiger partial charge in [0.1, 0.15) is 0 Å². The third-order valence-electron chi connectivity index (χ3n) is 3.47. The zero-order valence-electron chi connectivity index (χ0n) is 11.7. The summed E-state index contributed by atoms with van der Waals surface area (Å²) in [4.78, 5) is 13.9. The van der Waals surface area contributed by atoms with Gasteiger partial charge in [0.15, 0.2) is 18.2 Å². The number of ether oxygens (including phenoxy) is 1. The number of nitrogens with zero attached hydrogens (tertiary/aromatic N) is 1. The Labute approximate surface area is 127 Å². The molecule has 1 aromatic carbocycles. The Morgan fingerprint density at radius 1 is 1.40 bits per heavy atom. The highest BCUT2D eigenvalue weighted by atomic mass is 79.9. The van der Waals surface area contributed by atoms with Gasteiger partial charge in [0.2, 0.25) is 0 Å². The van der Waals surface area contributed by atoms with Gasteiger partial charge >= 0.3 is 0 Å². The topological polar surface area (TPSA) is 29.5 Å². The standard InChI is InChI=1S/C15H19BrFNO2/c1-10-5-11(2)8-18(7-10)15(19)9-20-14-4-3-12(16)6-13(14)17/h3-4,6,10-11H,5,7-9H2,1-2H3. The average Bonchev–Trinajstić information content (AvgIpc) is 2.36. The molecule has 2 unspecified atom stereocenters. The fourth-order valence-electron chi connectivity index (χ4n) is 2.69. The summed E-state index contributed by atoms with van der Waals surface area (Å²) >= 11 is 3.18. The van der Waals surface area contributed by atoms with Crippen molar-refractivity contribution in [2.24, 2.45) is 11.8 Å². The summed E-state index contributed by atoms with van der Waals surface area (Å²) in [6.45, 7) is 5.69. The van der Waals surface area contributed by atoms with E-state index >= 15 is 0 Å². The SMILES string of the molecule is CC1CC(C)CN(C(=O)COc2ccc(Br)cc2F)C1. The maximum atomic E-state index is 13.6. The molecule has 0 radical (unpaired) electrons. The summed E-state index contributed by atoms with van der Waals surface area (Å²) in [6, 6.07) is 4.53. The van der Waals surface area contributed by atoms with Gasteiger partial charge in [0.25, 0.3) is 5.91 Å². The highest BCUT2D eigenvalue weighted by molar-refractivity contribution is 9.10. The molecule has 1 aliphatic heterocycles. The minimum Gasteiger partial charge on any atom is -0.481 e. The zero-order chi connectivity index (χ0) is 14.7. The normalized spacial score (nSPS) is 22.7. The van der Waals surface area contributed by atoms with Crippen LogP contribution in [0, 0.1) is 17.7 Å². The van der Waals surface area contributed by atoms with Crippen LogP contribution in [0.5, 0.6) is 5.75 Å². The summed E-state index contributed by atoms with van der Waals surface area (Å²) in [5, 5.41) is 0. The fourth-order valence-corrected chi connectivity index (χ4v) is 3.02. The van der Waals surface area contributed by atoms with E-state index in [1.807, 2.05) is 4.90 Å². The number of hydrogen-bond donors (Lipinski definition) is 0. The molecular weight excluding hydrogens is 325 g/mol. The van der Waals surface area contributed by atoms with E-state index < -0.39 is 5.82 Å². The molecule has 0 aliphatic carbocycles. The Kier molecular flexibility index (Phi) is 5.02. The first kappa shape index (κ1) is 15.3. The monoisotopic (exact) mass is 343 g/mol. The maximum Gasteiger partial charge on any atom is 0.260 e. The Morgan fingerprint density at radius 2 is 2.05 bits per heavy atom. The molecule has 1 amide bonds. The lowest BCUT2D eigenvalue weighted by molar-refractivity contribution is -0.136. The van der Waals surface area contributed by atoms with Crippen LogP contribution in [-0.2, 0) is 4.79 Å². The van der Waals surface area contributed by atoms with Crippen molar-refractivity contribution in [2.75, 3.05) is 19.7 Å². The van der Waals surface area contributed by atoms with Crippen molar-refractivity contribution in [2.45, 2.75) is 20.3 Å². The molecule has 5 heteroatoms. The van der Waals surface area contributed by atoms with Crippen LogP contribution in [0.15, 0.2) is 22.7 Å². The van der Waals surface area contributed by atoms with Crippen LogP contribution in [-0.4, -0.2) is 30.5 Å². The van der Waals surface area contributed by atoms with Gasteiger partial charge in [-0.1, -0.05) is 29.8 Å². The zero-order valence-corrected chi connectivity index (χ0v) is 13.3. The molecule has 0 aromatic heterocycles. The van der Waals surface area contributed by atoms with Gasteiger partial charge in [-0.3, -0.25) is 4.79 Å². The molecule has 1 heterocycles. The quantitative estimate of drug-likeness (QED) is 0.840. The second-order valence-corrected chi connectivity index (χ2v) is 6.52. The van der Waals surface area contributed by atoms with Crippen molar-refractivity contribution in [3.05, 3.63) is 28.5 Å². The Morgan fingerprint density at radius 3 is 2.65 bits per heavy atom. The van der Waals surface area contributed by atoms with E-state index in [2.05, 4.69) is 29.8 Å². The summed E-state index contributed by atoms with van der Waals surface area (Å²) in [7, 11) is 0. The van der Waals surface area contributed by atoms with Gasteiger partial charge in [0, 0.05) is 17.6 Å². The van der Waals surface area contributed by atoms with Gasteiger partial charge in [-0.25, -0.2) is 4.39 Å². The molecule has 3 nitrogen and oxygen atoms in total. The number of halogens is 2. The van der Waals surface area contributed by atoms with Crippen LogP contribution in [0.25, 0.3) is 0 Å². The molecule has 1 aliphatic rings. The fraction of sp³-hybridized carbons (Fsp3) is 0.533. The van der Waals surface area contributed by atoms with Gasteiger partial charge in [-0.05, 0) is 36.5 Å². The van der Waals surface area contributed by atoms with Crippen LogP contribution >= 0.6 is 15.9 Å². The molecular formula is C15H19BrFNO2. The number of likely N-dealkylation sites (tertiary alicyclic amines) is 1. The predicted molar refractivity (Wildman–Crippen MR) is 79.1 cm³/mol. The van der Waals surface area contributed by atoms with Crippen molar-refractivity contribution >= 4 is 21.8 Å². The average molecular weight is 344 g/mol. The minimum absolute atomic E-state index is 0.0780. The Hall–Kier alpha value is -1.10. The van der Waals surface area contributed by atoms with Crippen molar-refractivity contribution in [3.63, 3.8) is 0 Å². The second-order valence-electron chi connectivity index (χ2n) is 5.61. The van der Waals surface area contributed by atoms with Crippen molar-refractivity contribution in [1.82, 2.24) is 4.90 Å². The number of carbonyl (C=O) groups is 1. The van der Waals surface area contributed by atoms with Crippen LogP contribution in [0.3, 0.4) is 0 Å². The van der Waals surface area contributed by atoms with Crippen molar-refractivity contribution in [3.8, 4) is 5.75 Å². The van der Waals surface area contributed by atoms with Crippen LogP contribution < -0.4 is 4.74 Å². The van der Waals surface area contributed by atoms with E-state index in [-0.39, 0.29) is 18.3 Å². The molecule has 110 valence electrons. The maximum absolute atomic E-state index is 13.6. The molecule has 20 heavy (non-hydrogen) atoms. The predicted octanol–water partition coefficient (Wildman–Crippen LogP) is 3.47. The first-order chi connectivity index (χ1) is 9.45. The first-order valence-electron chi connectivity index (χ1n) is 6.81. The highest BCUT2D eigenvalue weighted by Gasteiger charge is 2.25. The molecule has 0 bridgehead atoms. The van der Waals surface area contributed by atoms with Gasteiger partial charge in [-0.2, -0.15) is 0 Å². The second kappa shape index (κ2) is 6.57. The molecule has 1 saturated heterocycles. The smallest absolute Gasteiger partial charge is 0.260 e. The lowest BCUT2D eigenvalue weighted by Gasteiger charge is -2.34. The lowest BCUT2D eigenvalue weighted by atomic mass is 9.92. The van der Waals surface area contributed by atoms with Crippen LogP contribution in [0.4, 0.5) is 4.39 Å². The molecule has 0 spiro atoms. The van der Waals surface area contributed by atoms with Crippen LogP contribution in [0.1, 0.15) is 20.3 Å². The summed E-state index contributed by atoms with van der Waals surface area (Å²) in [5.74, 6) is 0.581. The van der Waals surface area contributed by atoms with E-state index in [4.69, 9.17) is 4.74 Å². The number of hydrogen-bond acceptors (Lipinski definition) is 2. The van der Waals surface area contributed by atoms with E-state index in [1.165, 1.54) is 12.1 Å². The van der Waals surface area contributed by atoms with E-state index in [0.717, 1.165) is 19.5 Å². The number of piperidine rings is 1. The number of carbonyl (C=O) groups excluding carboxylic acids is 1. The molecule has 0 N–H and O–H groups in total. The summed E-state index contributed by atoms with van der Waals surface area (Å²) in [6.07, 6.45) is 1.14.